The number of hydrogen-bond acceptors (Lipinski definition) is 5. The van der Waals surface area contributed by atoms with Crippen LogP contribution in [-0.2, 0) is 23.8 Å². The van der Waals surface area contributed by atoms with Gasteiger partial charge in [-0.05, 0) is 27.2 Å². The van der Waals surface area contributed by atoms with E-state index in [4.69, 9.17) is 14.2 Å². The lowest BCUT2D eigenvalue weighted by atomic mass is 9.88. The van der Waals surface area contributed by atoms with Crippen molar-refractivity contribution in [3.05, 3.63) is 11.1 Å². The molecule has 0 saturated carbocycles. The van der Waals surface area contributed by atoms with E-state index >= 15 is 0 Å². The summed E-state index contributed by atoms with van der Waals surface area (Å²) in [6.07, 6.45) is -0.654. The van der Waals surface area contributed by atoms with Gasteiger partial charge in [0.1, 0.15) is 6.10 Å². The second-order valence-electron chi connectivity index (χ2n) is 5.38. The summed E-state index contributed by atoms with van der Waals surface area (Å²) in [5, 5.41) is 0. The molecule has 0 aromatic heterocycles. The van der Waals surface area contributed by atoms with Crippen LogP contribution in [0, 0.1) is 5.92 Å². The number of rotatable bonds is 2. The normalized spacial score (nSPS) is 39.7. The molecule has 0 aromatic carbocycles. The van der Waals surface area contributed by atoms with Crippen molar-refractivity contribution in [2.45, 2.75) is 51.6 Å². The van der Waals surface area contributed by atoms with Gasteiger partial charge in [-0.15, -0.1) is 0 Å². The molecule has 3 heterocycles. The van der Waals surface area contributed by atoms with Gasteiger partial charge in [0.05, 0.1) is 12.0 Å². The Morgan fingerprint density at radius 2 is 2.00 bits per heavy atom. The van der Waals surface area contributed by atoms with Crippen LogP contribution in [0.25, 0.3) is 0 Å². The minimum Gasteiger partial charge on any atom is -0.455 e. The van der Waals surface area contributed by atoms with Crippen LogP contribution in [0.2, 0.25) is 0 Å². The fraction of sp³-hybridized carbons (Fsp3) is 0.692. The first-order chi connectivity index (χ1) is 8.49. The van der Waals surface area contributed by atoms with Gasteiger partial charge in [-0.3, -0.25) is 4.79 Å². The molecule has 0 aromatic rings. The standard InChI is InChI=1S/C13H16O5/c1-5(2)6(3)12(14)17-10-8-4-7-9(16-8)11(10)18-13(7)15/h7-11H,4H2,1-3H3. The highest BCUT2D eigenvalue weighted by Gasteiger charge is 2.65. The number of carbonyl (C=O) groups is 2. The molecule has 5 unspecified atom stereocenters. The van der Waals surface area contributed by atoms with Gasteiger partial charge in [-0.25, -0.2) is 4.79 Å². The van der Waals surface area contributed by atoms with Gasteiger partial charge in [-0.1, -0.05) is 5.57 Å². The molecule has 5 heteroatoms. The zero-order chi connectivity index (χ0) is 13.0. The molecule has 3 aliphatic rings. The highest BCUT2D eigenvalue weighted by atomic mass is 16.7. The summed E-state index contributed by atoms with van der Waals surface area (Å²) in [6, 6.07) is 0. The van der Waals surface area contributed by atoms with Gasteiger partial charge in [0, 0.05) is 5.57 Å². The van der Waals surface area contributed by atoms with E-state index in [1.54, 1.807) is 6.92 Å². The highest BCUT2D eigenvalue weighted by Crippen LogP contribution is 2.47. The predicted octanol–water partition coefficient (Wildman–Crippen LogP) is 0.967. The molecule has 18 heavy (non-hydrogen) atoms. The number of allylic oxidation sites excluding steroid dienone is 1. The van der Waals surface area contributed by atoms with Crippen LogP contribution < -0.4 is 0 Å². The molecule has 3 fully saturated rings. The van der Waals surface area contributed by atoms with Gasteiger partial charge < -0.3 is 14.2 Å². The molecule has 0 radical (unpaired) electrons. The number of hydrogen-bond donors (Lipinski definition) is 0. The summed E-state index contributed by atoms with van der Waals surface area (Å²) in [5.74, 6) is -0.722. The average Bonchev–Trinajstić information content (AvgIpc) is 2.92. The van der Waals surface area contributed by atoms with Crippen molar-refractivity contribution in [3.8, 4) is 0 Å². The second-order valence-corrected chi connectivity index (χ2v) is 5.38. The fourth-order valence-corrected chi connectivity index (χ4v) is 2.80. The first kappa shape index (κ1) is 11.7. The summed E-state index contributed by atoms with van der Waals surface area (Å²) >= 11 is 0. The number of ether oxygens (including phenoxy) is 3. The lowest BCUT2D eigenvalue weighted by Crippen LogP contribution is -2.40. The maximum Gasteiger partial charge on any atom is 0.334 e. The summed E-state index contributed by atoms with van der Waals surface area (Å²) < 4.78 is 16.3. The Balaban J connectivity index is 1.75. The summed E-state index contributed by atoms with van der Waals surface area (Å²) in [6.45, 7) is 5.45. The van der Waals surface area contributed by atoms with Gasteiger partial charge in [0.25, 0.3) is 0 Å². The van der Waals surface area contributed by atoms with Gasteiger partial charge in [0.2, 0.25) is 0 Å². The lowest BCUT2D eigenvalue weighted by molar-refractivity contribution is -0.157. The third-order valence-electron chi connectivity index (χ3n) is 4.08. The molecule has 3 aliphatic heterocycles. The van der Waals surface area contributed by atoms with Crippen molar-refractivity contribution in [2.24, 2.45) is 5.92 Å². The topological polar surface area (TPSA) is 61.8 Å². The Bertz CT molecular complexity index is 448. The zero-order valence-electron chi connectivity index (χ0n) is 10.6. The molecule has 3 saturated heterocycles. The summed E-state index contributed by atoms with van der Waals surface area (Å²) in [7, 11) is 0. The van der Waals surface area contributed by atoms with Crippen molar-refractivity contribution >= 4 is 11.9 Å². The molecule has 0 N–H and O–H groups in total. The van der Waals surface area contributed by atoms with Crippen molar-refractivity contribution in [1.29, 1.82) is 0 Å². The van der Waals surface area contributed by atoms with Crippen LogP contribution in [0.4, 0.5) is 0 Å². The van der Waals surface area contributed by atoms with Crippen LogP contribution in [0.1, 0.15) is 27.2 Å². The predicted molar refractivity (Wildman–Crippen MR) is 60.6 cm³/mol. The molecule has 0 amide bonds. The van der Waals surface area contributed by atoms with Crippen molar-refractivity contribution in [1.82, 2.24) is 0 Å². The molecule has 5 nitrogen and oxygen atoms in total. The lowest BCUT2D eigenvalue weighted by Gasteiger charge is -2.22. The van der Waals surface area contributed by atoms with E-state index in [-0.39, 0.29) is 30.1 Å². The highest BCUT2D eigenvalue weighted by molar-refractivity contribution is 5.88. The maximum atomic E-state index is 11.9. The number of fused-ring (bicyclic) bond motifs is 1. The van der Waals surface area contributed by atoms with Gasteiger partial charge in [0.15, 0.2) is 12.2 Å². The molecule has 2 bridgehead atoms. The fourth-order valence-electron chi connectivity index (χ4n) is 2.80. The Labute approximate surface area is 105 Å². The van der Waals surface area contributed by atoms with Crippen LogP contribution in [-0.4, -0.2) is 36.4 Å². The SMILES string of the molecule is CC(C)=C(C)C(=O)OC1C2CC3C(=O)OC1C3O2. The van der Waals surface area contributed by atoms with E-state index in [1.165, 1.54) is 0 Å². The van der Waals surface area contributed by atoms with E-state index in [0.717, 1.165) is 5.57 Å². The third kappa shape index (κ3) is 1.50. The minimum absolute atomic E-state index is 0.153. The Morgan fingerprint density at radius 1 is 1.28 bits per heavy atom. The van der Waals surface area contributed by atoms with Crippen LogP contribution >= 0.6 is 0 Å². The summed E-state index contributed by atoms with van der Waals surface area (Å²) in [4.78, 5) is 23.4. The molecule has 3 rings (SSSR count). The van der Waals surface area contributed by atoms with E-state index in [1.807, 2.05) is 13.8 Å². The molecule has 0 aliphatic carbocycles. The van der Waals surface area contributed by atoms with Crippen LogP contribution in [0.3, 0.4) is 0 Å². The summed E-state index contributed by atoms with van der Waals surface area (Å²) in [5.41, 5.74) is 1.52. The Hall–Kier alpha value is -1.36. The second kappa shape index (κ2) is 3.82. The molecular weight excluding hydrogens is 236 g/mol. The van der Waals surface area contributed by atoms with Crippen LogP contribution in [0.5, 0.6) is 0 Å². The van der Waals surface area contributed by atoms with Crippen molar-refractivity contribution < 1.29 is 23.8 Å². The van der Waals surface area contributed by atoms with Gasteiger partial charge >= 0.3 is 11.9 Å². The molecule has 0 spiro atoms. The number of carbonyl (C=O) groups excluding carboxylic acids is 2. The van der Waals surface area contributed by atoms with E-state index in [9.17, 15) is 9.59 Å². The van der Waals surface area contributed by atoms with Gasteiger partial charge in [-0.2, -0.15) is 0 Å². The average molecular weight is 252 g/mol. The Kier molecular flexibility index (Phi) is 2.48. The minimum atomic E-state index is -0.445. The first-order valence-electron chi connectivity index (χ1n) is 6.20. The molecular formula is C13H16O5. The number of esters is 2. The van der Waals surface area contributed by atoms with Crippen LogP contribution in [0.15, 0.2) is 11.1 Å². The maximum absolute atomic E-state index is 11.9. The zero-order valence-corrected chi connectivity index (χ0v) is 10.6. The molecule has 5 atom stereocenters. The Morgan fingerprint density at radius 3 is 2.67 bits per heavy atom. The first-order valence-corrected chi connectivity index (χ1v) is 6.20. The van der Waals surface area contributed by atoms with E-state index < -0.39 is 12.2 Å². The molecule has 98 valence electrons. The smallest absolute Gasteiger partial charge is 0.334 e. The van der Waals surface area contributed by atoms with E-state index in [0.29, 0.717) is 12.0 Å². The van der Waals surface area contributed by atoms with E-state index in [2.05, 4.69) is 0 Å². The quantitative estimate of drug-likeness (QED) is 0.541. The third-order valence-corrected chi connectivity index (χ3v) is 4.08. The van der Waals surface area contributed by atoms with Crippen molar-refractivity contribution in [2.75, 3.05) is 0 Å². The monoisotopic (exact) mass is 252 g/mol. The van der Waals surface area contributed by atoms with Crippen molar-refractivity contribution in [3.63, 3.8) is 0 Å². The largest absolute Gasteiger partial charge is 0.455 e.